The summed E-state index contributed by atoms with van der Waals surface area (Å²) in [6.07, 6.45) is 0. The third-order valence-electron chi connectivity index (χ3n) is 2.14. The lowest BCUT2D eigenvalue weighted by molar-refractivity contribution is 0.399. The molecule has 2 heterocycles. The Kier molecular flexibility index (Phi) is 4.93. The summed E-state index contributed by atoms with van der Waals surface area (Å²) in [4.78, 5) is 14.6. The van der Waals surface area contributed by atoms with Crippen LogP contribution < -0.4 is 17.0 Å². The predicted molar refractivity (Wildman–Crippen MR) is 68.0 cm³/mol. The molecule has 2 rings (SSSR count). The number of aromatic hydroxyl groups is 1. The number of aryl methyl sites for hydroxylation is 1. The van der Waals surface area contributed by atoms with Gasteiger partial charge in [0.25, 0.3) is 5.56 Å². The number of rotatable bonds is 0. The largest absolute Gasteiger partial charge is 0.492 e. The van der Waals surface area contributed by atoms with Crippen LogP contribution in [0.25, 0.3) is 0 Å². The Bertz CT molecular complexity index is 528. The smallest absolute Gasteiger partial charge is 0.293 e. The molecule has 0 saturated carbocycles. The van der Waals surface area contributed by atoms with E-state index in [0.717, 1.165) is 5.82 Å². The van der Waals surface area contributed by atoms with Gasteiger partial charge in [-0.1, -0.05) is 0 Å². The molecule has 0 fully saturated rings. The fourth-order valence-electron chi connectivity index (χ4n) is 1.08. The molecule has 0 amide bonds. The van der Waals surface area contributed by atoms with Gasteiger partial charge in [-0.05, 0) is 6.92 Å². The first-order chi connectivity index (χ1) is 7.84. The molecule has 0 radical (unpaired) electrons. The number of hydrogen-bond donors (Lipinski definition) is 4. The molecule has 0 atom stereocenters. The molecule has 0 aliphatic heterocycles. The van der Waals surface area contributed by atoms with Gasteiger partial charge in [-0.15, -0.1) is 5.10 Å². The van der Waals surface area contributed by atoms with Gasteiger partial charge in [-0.25, -0.2) is 4.68 Å². The zero-order valence-electron chi connectivity index (χ0n) is 10.3. The first kappa shape index (κ1) is 15.5. The lowest BCUT2D eigenvalue weighted by atomic mass is 10.5. The Morgan fingerprint density at radius 1 is 1.33 bits per heavy atom. The second-order valence-electron chi connectivity index (χ2n) is 3.37. The number of nitrogen functional groups attached to an aromatic ring is 2. The van der Waals surface area contributed by atoms with E-state index in [9.17, 15) is 4.79 Å². The van der Waals surface area contributed by atoms with Gasteiger partial charge in [0, 0.05) is 15.5 Å². The maximum absolute atomic E-state index is 10.9. The van der Waals surface area contributed by atoms with E-state index in [1.807, 2.05) is 0 Å². The molecule has 0 spiro atoms. The number of aromatic nitrogens is 5. The first-order valence-corrected chi connectivity index (χ1v) is 4.69. The number of nitrogens with two attached hydrogens (primary N) is 2. The quantitative estimate of drug-likeness (QED) is 0.432. The number of hydrogen-bond acceptors (Lipinski definition) is 6. The van der Waals surface area contributed by atoms with Crippen molar-refractivity contribution in [2.24, 2.45) is 14.1 Å². The van der Waals surface area contributed by atoms with Gasteiger partial charge in [-0.3, -0.25) is 14.6 Å². The second kappa shape index (κ2) is 5.72. The normalized spacial score (nSPS) is 9.28. The van der Waals surface area contributed by atoms with Crippen LogP contribution in [0.3, 0.4) is 0 Å². The highest BCUT2D eigenvalue weighted by Crippen LogP contribution is 2.12. The molecular formula is C8H19N7O3. The van der Waals surface area contributed by atoms with Gasteiger partial charge in [0.05, 0.1) is 0 Å². The lowest BCUT2D eigenvalue weighted by Crippen LogP contribution is -2.18. The Labute approximate surface area is 104 Å². The number of H-pyrrole nitrogens is 1. The highest BCUT2D eigenvalue weighted by atomic mass is 16.3. The van der Waals surface area contributed by atoms with E-state index in [1.165, 1.54) is 16.4 Å². The molecule has 10 nitrogen and oxygen atoms in total. The third kappa shape index (κ3) is 3.01. The summed E-state index contributed by atoms with van der Waals surface area (Å²) in [5.74, 6) is 0.863. The first-order valence-electron chi connectivity index (χ1n) is 4.69. The maximum Gasteiger partial charge on any atom is 0.293 e. The minimum atomic E-state index is -0.375. The number of nitrogens with one attached hydrogen (secondary N) is 1. The standard InChI is InChI=1S/C5H9N3O2.C3H6N4.H2O.H2/c1-7-4(9)3(6)5(10)8(7)2;1-2-5-3(4)7-6-2;;/h9H,6H2,1-2H3;1H3,(H3,4,5,6,7);1H2;1H. The van der Waals surface area contributed by atoms with Crippen molar-refractivity contribution >= 4 is 11.6 Å². The summed E-state index contributed by atoms with van der Waals surface area (Å²) in [6, 6.07) is 0. The lowest BCUT2D eigenvalue weighted by Gasteiger charge is -1.97. The van der Waals surface area contributed by atoms with Gasteiger partial charge >= 0.3 is 0 Å². The summed E-state index contributed by atoms with van der Waals surface area (Å²) in [7, 11) is 3.07. The van der Waals surface area contributed by atoms with Crippen LogP contribution in [0.4, 0.5) is 11.6 Å². The number of anilines is 2. The van der Waals surface area contributed by atoms with E-state index in [1.54, 1.807) is 14.0 Å². The molecule has 10 heteroatoms. The predicted octanol–water partition coefficient (Wildman–Crippen LogP) is -1.87. The van der Waals surface area contributed by atoms with Crippen LogP contribution in [0.2, 0.25) is 0 Å². The highest BCUT2D eigenvalue weighted by Gasteiger charge is 2.09. The summed E-state index contributed by atoms with van der Waals surface area (Å²) in [5, 5.41) is 15.2. The molecule has 0 saturated heterocycles. The van der Waals surface area contributed by atoms with Gasteiger partial charge in [-0.2, -0.15) is 4.98 Å². The van der Waals surface area contributed by atoms with Gasteiger partial charge in [0.15, 0.2) is 5.69 Å². The van der Waals surface area contributed by atoms with Gasteiger partial charge < -0.3 is 22.1 Å². The Morgan fingerprint density at radius 3 is 2.00 bits per heavy atom. The summed E-state index contributed by atoms with van der Waals surface area (Å²) in [5.41, 5.74) is 9.84. The van der Waals surface area contributed by atoms with Gasteiger partial charge in [0.1, 0.15) is 5.82 Å². The van der Waals surface area contributed by atoms with E-state index in [2.05, 4.69) is 15.2 Å². The highest BCUT2D eigenvalue weighted by molar-refractivity contribution is 5.45. The summed E-state index contributed by atoms with van der Waals surface area (Å²) in [6.45, 7) is 1.80. The van der Waals surface area contributed by atoms with Crippen LogP contribution in [-0.4, -0.2) is 35.1 Å². The minimum absolute atomic E-state index is 0. The second-order valence-corrected chi connectivity index (χ2v) is 3.37. The number of aromatic amines is 1. The Balaban J connectivity index is 0. The van der Waals surface area contributed by atoms with E-state index in [0.29, 0.717) is 5.95 Å². The van der Waals surface area contributed by atoms with Crippen molar-refractivity contribution in [2.45, 2.75) is 6.92 Å². The van der Waals surface area contributed by atoms with Gasteiger partial charge in [0.2, 0.25) is 11.8 Å². The van der Waals surface area contributed by atoms with Crippen molar-refractivity contribution < 1.29 is 12.0 Å². The number of nitrogens with zero attached hydrogens (tertiary/aromatic N) is 4. The maximum atomic E-state index is 10.9. The van der Waals surface area contributed by atoms with Crippen molar-refractivity contribution in [1.29, 1.82) is 0 Å². The van der Waals surface area contributed by atoms with Crippen LogP contribution in [0.5, 0.6) is 5.88 Å². The topological polar surface area (TPSA) is 172 Å². The van der Waals surface area contributed by atoms with Crippen LogP contribution in [0.15, 0.2) is 4.79 Å². The van der Waals surface area contributed by atoms with Crippen molar-refractivity contribution in [3.05, 3.63) is 16.2 Å². The fourth-order valence-corrected chi connectivity index (χ4v) is 1.08. The molecule has 0 aliphatic carbocycles. The van der Waals surface area contributed by atoms with E-state index < -0.39 is 0 Å². The monoisotopic (exact) mass is 261 g/mol. The molecule has 8 N–H and O–H groups in total. The van der Waals surface area contributed by atoms with Crippen molar-refractivity contribution in [1.82, 2.24) is 24.5 Å². The molecule has 0 unspecified atom stereocenters. The third-order valence-corrected chi connectivity index (χ3v) is 2.14. The van der Waals surface area contributed by atoms with Crippen molar-refractivity contribution in [2.75, 3.05) is 11.5 Å². The van der Waals surface area contributed by atoms with Crippen molar-refractivity contribution in [3.63, 3.8) is 0 Å². The minimum Gasteiger partial charge on any atom is -0.492 e. The van der Waals surface area contributed by atoms with Crippen LogP contribution in [0.1, 0.15) is 7.25 Å². The SMILES string of the molecule is Cc1nc(N)n[nH]1.Cn1c(O)c(N)c(=O)n1C.O.[HH]. The average Bonchev–Trinajstić information content (AvgIpc) is 2.74. The molecule has 2 aromatic heterocycles. The Hall–Kier alpha value is -2.49. The molecule has 2 aromatic rings. The molecule has 18 heavy (non-hydrogen) atoms. The Morgan fingerprint density at radius 2 is 1.89 bits per heavy atom. The fraction of sp³-hybridized carbons (Fsp3) is 0.375. The molecule has 0 bridgehead atoms. The van der Waals surface area contributed by atoms with Crippen LogP contribution >= 0.6 is 0 Å². The zero-order valence-corrected chi connectivity index (χ0v) is 10.3. The molecular weight excluding hydrogens is 242 g/mol. The van der Waals surface area contributed by atoms with Crippen LogP contribution in [0, 0.1) is 6.92 Å². The van der Waals surface area contributed by atoms with Crippen LogP contribution in [-0.2, 0) is 14.1 Å². The van der Waals surface area contributed by atoms with E-state index in [-0.39, 0.29) is 24.0 Å². The van der Waals surface area contributed by atoms with Crippen molar-refractivity contribution in [3.8, 4) is 5.88 Å². The molecule has 104 valence electrons. The summed E-state index contributed by atoms with van der Waals surface area (Å²) >= 11 is 0. The zero-order chi connectivity index (χ0) is 13.2. The molecule has 0 aliphatic rings. The van der Waals surface area contributed by atoms with E-state index >= 15 is 0 Å². The van der Waals surface area contributed by atoms with E-state index in [4.69, 9.17) is 16.6 Å². The average molecular weight is 261 g/mol. The molecule has 0 aromatic carbocycles. The summed E-state index contributed by atoms with van der Waals surface area (Å²) < 4.78 is 2.50.